The summed E-state index contributed by atoms with van der Waals surface area (Å²) in [5.74, 6) is -0.881. The maximum absolute atomic E-state index is 13.8. The van der Waals surface area contributed by atoms with Crippen LogP contribution in [0.4, 0.5) is 5.69 Å². The minimum Gasteiger partial charge on any atom is -0.491 e. The first-order chi connectivity index (χ1) is 17.2. The number of ketones is 1. The standard InChI is InChI=1S/C28H27N3O4S/c1-17(2)35-22-12-7-19(8-13-22)27(32)23(15-18-5-10-21(11-6-18)31(3)4)26(28(33)34)20-9-14-24-25(16-20)30-36-29-24/h5-14,16-17H,15H2,1-4H3,(H,33,34). The number of allylic oxidation sites excluding steroid dienone is 1. The van der Waals surface area contributed by atoms with Gasteiger partial charge in [0.25, 0.3) is 0 Å². The quantitative estimate of drug-likeness (QED) is 0.239. The molecule has 7 nitrogen and oxygen atoms in total. The third kappa shape index (κ3) is 5.60. The van der Waals surface area contributed by atoms with Crippen LogP contribution in [0.1, 0.15) is 35.3 Å². The van der Waals surface area contributed by atoms with Gasteiger partial charge >= 0.3 is 5.97 Å². The molecule has 0 bridgehead atoms. The van der Waals surface area contributed by atoms with Gasteiger partial charge in [-0.3, -0.25) is 4.79 Å². The van der Waals surface area contributed by atoms with Gasteiger partial charge < -0.3 is 14.7 Å². The monoisotopic (exact) mass is 501 g/mol. The van der Waals surface area contributed by atoms with Crippen molar-refractivity contribution in [1.82, 2.24) is 8.75 Å². The van der Waals surface area contributed by atoms with Crippen molar-refractivity contribution in [2.24, 2.45) is 0 Å². The smallest absolute Gasteiger partial charge is 0.336 e. The maximum Gasteiger partial charge on any atom is 0.336 e. The Kier molecular flexibility index (Phi) is 7.45. The van der Waals surface area contributed by atoms with Gasteiger partial charge in [0.2, 0.25) is 0 Å². The number of carboxylic acids is 1. The number of hydrogen-bond donors (Lipinski definition) is 1. The molecular formula is C28H27N3O4S. The van der Waals surface area contributed by atoms with Gasteiger partial charge in [-0.1, -0.05) is 18.2 Å². The van der Waals surface area contributed by atoms with Gasteiger partial charge in [-0.15, -0.1) is 0 Å². The number of fused-ring (bicyclic) bond motifs is 1. The summed E-state index contributed by atoms with van der Waals surface area (Å²) in [5, 5.41) is 10.3. The maximum atomic E-state index is 13.8. The van der Waals surface area contributed by atoms with Crippen LogP contribution in [0.2, 0.25) is 0 Å². The molecule has 0 aliphatic carbocycles. The van der Waals surface area contributed by atoms with E-state index in [1.54, 1.807) is 42.5 Å². The highest BCUT2D eigenvalue weighted by atomic mass is 32.1. The number of hydrogen-bond acceptors (Lipinski definition) is 7. The van der Waals surface area contributed by atoms with Gasteiger partial charge in [-0.05, 0) is 73.5 Å². The molecule has 0 spiro atoms. The molecule has 36 heavy (non-hydrogen) atoms. The second-order valence-corrected chi connectivity index (χ2v) is 9.41. The lowest BCUT2D eigenvalue weighted by molar-refractivity contribution is -0.130. The van der Waals surface area contributed by atoms with Crippen molar-refractivity contribution >= 4 is 45.8 Å². The molecule has 1 heterocycles. The number of aliphatic carboxylic acids is 1. The van der Waals surface area contributed by atoms with E-state index in [4.69, 9.17) is 4.74 Å². The number of benzene rings is 3. The molecule has 4 rings (SSSR count). The Bertz CT molecular complexity index is 1420. The molecule has 1 aromatic heterocycles. The van der Waals surface area contributed by atoms with Crippen molar-refractivity contribution in [1.29, 1.82) is 0 Å². The van der Waals surface area contributed by atoms with E-state index in [9.17, 15) is 14.7 Å². The number of nitrogens with zero attached hydrogens (tertiary/aromatic N) is 3. The second kappa shape index (κ2) is 10.7. The van der Waals surface area contributed by atoms with Gasteiger partial charge in [0.1, 0.15) is 16.8 Å². The lowest BCUT2D eigenvalue weighted by atomic mass is 9.89. The lowest BCUT2D eigenvalue weighted by Crippen LogP contribution is -2.14. The zero-order valence-electron chi connectivity index (χ0n) is 20.6. The van der Waals surface area contributed by atoms with E-state index in [-0.39, 0.29) is 29.5 Å². The number of carbonyl (C=O) groups is 2. The summed E-state index contributed by atoms with van der Waals surface area (Å²) in [7, 11) is 3.89. The van der Waals surface area contributed by atoms with Crippen molar-refractivity contribution in [3.8, 4) is 5.75 Å². The largest absolute Gasteiger partial charge is 0.491 e. The Hall–Kier alpha value is -4.04. The number of aromatic nitrogens is 2. The first-order valence-electron chi connectivity index (χ1n) is 11.5. The fourth-order valence-corrected chi connectivity index (χ4v) is 4.41. The van der Waals surface area contributed by atoms with Crippen LogP contribution in [0.25, 0.3) is 16.6 Å². The number of Topliss-reactive ketones (excluding diaryl/α,β-unsaturated/α-hetero) is 1. The zero-order valence-corrected chi connectivity index (χ0v) is 21.4. The Labute approximate surface area is 214 Å². The molecule has 0 saturated heterocycles. The number of ether oxygens (including phenoxy) is 1. The minimum atomic E-state index is -1.18. The van der Waals surface area contributed by atoms with Crippen LogP contribution in [-0.2, 0) is 11.2 Å². The zero-order chi connectivity index (χ0) is 25.8. The molecule has 0 aliphatic heterocycles. The van der Waals surface area contributed by atoms with Crippen LogP contribution in [-0.4, -0.2) is 45.8 Å². The predicted octanol–water partition coefficient (Wildman–Crippen LogP) is 5.51. The van der Waals surface area contributed by atoms with Crippen molar-refractivity contribution in [2.45, 2.75) is 26.4 Å². The van der Waals surface area contributed by atoms with E-state index in [1.165, 1.54) is 0 Å². The van der Waals surface area contributed by atoms with Crippen molar-refractivity contribution < 1.29 is 19.4 Å². The minimum absolute atomic E-state index is 0.000815. The molecule has 0 amide bonds. The fraction of sp³-hybridized carbons (Fsp3) is 0.214. The molecule has 0 fully saturated rings. The molecule has 0 saturated carbocycles. The molecule has 1 N–H and O–H groups in total. The SMILES string of the molecule is CC(C)Oc1ccc(C(=O)C(Cc2ccc(N(C)C)cc2)=C(C(=O)O)c2ccc3nsnc3c2)cc1. The third-order valence-electron chi connectivity index (χ3n) is 5.65. The topological polar surface area (TPSA) is 92.6 Å². The summed E-state index contributed by atoms with van der Waals surface area (Å²) in [6.07, 6.45) is 0.159. The number of anilines is 1. The second-order valence-electron chi connectivity index (χ2n) is 8.88. The average molecular weight is 502 g/mol. The molecule has 0 atom stereocenters. The van der Waals surface area contributed by atoms with Gasteiger partial charge in [0.15, 0.2) is 5.78 Å². The first kappa shape index (κ1) is 25.1. The summed E-state index contributed by atoms with van der Waals surface area (Å²) >= 11 is 1.06. The van der Waals surface area contributed by atoms with E-state index >= 15 is 0 Å². The molecule has 0 aliphatic rings. The van der Waals surface area contributed by atoms with Crippen LogP contribution < -0.4 is 9.64 Å². The summed E-state index contributed by atoms with van der Waals surface area (Å²) < 4.78 is 14.1. The Morgan fingerprint density at radius 1 is 0.917 bits per heavy atom. The number of carbonyl (C=O) groups excluding carboxylic acids is 1. The summed E-state index contributed by atoms with van der Waals surface area (Å²) in [6.45, 7) is 3.85. The van der Waals surface area contributed by atoms with Crippen molar-refractivity contribution in [3.05, 3.63) is 89.0 Å². The lowest BCUT2D eigenvalue weighted by Gasteiger charge is -2.16. The molecule has 8 heteroatoms. The molecule has 4 aromatic rings. The molecule has 184 valence electrons. The number of carboxylic acid groups (broad SMARTS) is 1. The highest BCUT2D eigenvalue weighted by molar-refractivity contribution is 7.00. The highest BCUT2D eigenvalue weighted by Crippen LogP contribution is 2.29. The number of rotatable bonds is 9. The van der Waals surface area contributed by atoms with Gasteiger partial charge in [0, 0.05) is 37.3 Å². The highest BCUT2D eigenvalue weighted by Gasteiger charge is 2.24. The van der Waals surface area contributed by atoms with E-state index < -0.39 is 5.97 Å². The average Bonchev–Trinajstić information content (AvgIpc) is 3.31. The van der Waals surface area contributed by atoms with Crippen LogP contribution in [0.3, 0.4) is 0 Å². The van der Waals surface area contributed by atoms with Crippen LogP contribution >= 0.6 is 11.7 Å². The Morgan fingerprint density at radius 2 is 1.56 bits per heavy atom. The first-order valence-corrected chi connectivity index (χ1v) is 12.2. The fourth-order valence-electron chi connectivity index (χ4n) is 3.89. The summed E-state index contributed by atoms with van der Waals surface area (Å²) in [5.41, 5.74) is 4.07. The molecule has 0 unspecified atom stereocenters. The van der Waals surface area contributed by atoms with Crippen LogP contribution in [0.15, 0.2) is 72.3 Å². The van der Waals surface area contributed by atoms with E-state index in [0.717, 1.165) is 23.0 Å². The summed E-state index contributed by atoms with van der Waals surface area (Å²) in [6, 6.07) is 19.6. The van der Waals surface area contributed by atoms with Crippen molar-refractivity contribution in [2.75, 3.05) is 19.0 Å². The Balaban J connectivity index is 1.82. The molecule has 0 radical (unpaired) electrons. The van der Waals surface area contributed by atoms with Crippen LogP contribution in [0.5, 0.6) is 5.75 Å². The van der Waals surface area contributed by atoms with E-state index in [0.29, 0.717) is 27.9 Å². The van der Waals surface area contributed by atoms with Gasteiger partial charge in [-0.2, -0.15) is 8.75 Å². The predicted molar refractivity (Wildman–Crippen MR) is 143 cm³/mol. The van der Waals surface area contributed by atoms with Crippen molar-refractivity contribution in [3.63, 3.8) is 0 Å². The Morgan fingerprint density at radius 3 is 2.17 bits per heavy atom. The summed E-state index contributed by atoms with van der Waals surface area (Å²) in [4.78, 5) is 28.4. The van der Waals surface area contributed by atoms with E-state index in [1.807, 2.05) is 57.1 Å². The van der Waals surface area contributed by atoms with Gasteiger partial charge in [-0.25, -0.2) is 4.79 Å². The van der Waals surface area contributed by atoms with E-state index in [2.05, 4.69) is 8.75 Å². The van der Waals surface area contributed by atoms with Gasteiger partial charge in [0.05, 0.1) is 23.4 Å². The van der Waals surface area contributed by atoms with Crippen LogP contribution in [0, 0.1) is 0 Å². The molecule has 3 aromatic carbocycles. The molecular weight excluding hydrogens is 474 g/mol. The normalized spacial score (nSPS) is 11.9. The third-order valence-corrected chi connectivity index (χ3v) is 6.21.